The first-order chi connectivity index (χ1) is 24.2. The fraction of sp³-hybridized carbons (Fsp3) is 0.872. The maximum Gasteiger partial charge on any atom is 0.335 e. The summed E-state index contributed by atoms with van der Waals surface area (Å²) in [7, 11) is 0. The summed E-state index contributed by atoms with van der Waals surface area (Å²) in [6.45, 7) is 3.76. The average molecular weight is 715 g/mol. The van der Waals surface area contributed by atoms with Gasteiger partial charge in [0.05, 0.1) is 6.61 Å². The van der Waals surface area contributed by atoms with E-state index in [1.165, 1.54) is 70.6 Å². The number of hydrogen-bond donors (Lipinski definition) is 4. The minimum atomic E-state index is -1.86. The van der Waals surface area contributed by atoms with Crippen molar-refractivity contribution in [2.75, 3.05) is 13.2 Å². The molecule has 1 saturated heterocycles. The molecule has 0 aromatic carbocycles. The molecule has 0 saturated carbocycles. The van der Waals surface area contributed by atoms with Crippen LogP contribution < -0.4 is 0 Å². The smallest absolute Gasteiger partial charge is 0.335 e. The maximum atomic E-state index is 12.7. The second-order valence-electron chi connectivity index (χ2n) is 13.8. The Bertz CT molecular complexity index is 895. The lowest BCUT2D eigenvalue weighted by Gasteiger charge is -2.38. The summed E-state index contributed by atoms with van der Waals surface area (Å²) >= 11 is 0. The highest BCUT2D eigenvalue weighted by Crippen LogP contribution is 2.23. The summed E-state index contributed by atoms with van der Waals surface area (Å²) in [6, 6.07) is 0. The van der Waals surface area contributed by atoms with Gasteiger partial charge in [-0.1, -0.05) is 129 Å². The molecule has 1 aliphatic rings. The molecule has 4 N–H and O–H groups in total. The van der Waals surface area contributed by atoms with Gasteiger partial charge in [0.25, 0.3) is 0 Å². The lowest BCUT2D eigenvalue weighted by atomic mass is 9.99. The Kier molecular flexibility index (Phi) is 28.1. The zero-order chi connectivity index (χ0) is 36.8. The Balaban J connectivity index is 2.43. The lowest BCUT2D eigenvalue weighted by Crippen LogP contribution is -2.60. The van der Waals surface area contributed by atoms with Gasteiger partial charge in [-0.2, -0.15) is 0 Å². The number of esters is 2. The monoisotopic (exact) mass is 714 g/mol. The van der Waals surface area contributed by atoms with Gasteiger partial charge >= 0.3 is 17.9 Å². The zero-order valence-electron chi connectivity index (χ0n) is 31.2. The Morgan fingerprint density at radius 1 is 0.600 bits per heavy atom. The van der Waals surface area contributed by atoms with Gasteiger partial charge in [-0.25, -0.2) is 4.79 Å². The third kappa shape index (κ3) is 22.7. The van der Waals surface area contributed by atoms with Crippen molar-refractivity contribution in [3.63, 3.8) is 0 Å². The van der Waals surface area contributed by atoms with Gasteiger partial charge in [-0.15, -0.1) is 0 Å². The van der Waals surface area contributed by atoms with Crippen molar-refractivity contribution < 1.29 is 53.8 Å². The molecule has 0 spiro atoms. The second kappa shape index (κ2) is 30.6. The number of aliphatic carboxylic acids is 1. The number of allylic oxidation sites excluding steroid dienone is 2. The van der Waals surface area contributed by atoms with E-state index in [2.05, 4.69) is 26.0 Å². The van der Waals surface area contributed by atoms with Gasteiger partial charge in [0.15, 0.2) is 18.5 Å². The summed E-state index contributed by atoms with van der Waals surface area (Å²) in [6.07, 6.45) is 19.9. The van der Waals surface area contributed by atoms with Crippen molar-refractivity contribution in [3.05, 3.63) is 12.2 Å². The Morgan fingerprint density at radius 3 is 1.56 bits per heavy atom. The van der Waals surface area contributed by atoms with Gasteiger partial charge in [0.1, 0.15) is 24.9 Å². The molecule has 1 heterocycles. The second-order valence-corrected chi connectivity index (χ2v) is 13.8. The van der Waals surface area contributed by atoms with Gasteiger partial charge in [0.2, 0.25) is 0 Å². The van der Waals surface area contributed by atoms with Crippen LogP contribution in [0.15, 0.2) is 12.2 Å². The molecule has 0 aromatic rings. The van der Waals surface area contributed by atoms with Crippen LogP contribution in [0.1, 0.15) is 168 Å². The highest BCUT2D eigenvalue weighted by molar-refractivity contribution is 5.73. The normalized spacial score (nSPS) is 21.3. The first-order valence-electron chi connectivity index (χ1n) is 19.7. The SMILES string of the molecule is CCCCCCC/C=C\CCCCCCCC(=O)OCC(COC1OC(C(=O)O)C(O)C(O)C1O)OC(=O)CCCCCCCCCCCC. The molecule has 6 unspecified atom stereocenters. The third-order valence-electron chi connectivity index (χ3n) is 9.11. The highest BCUT2D eigenvalue weighted by atomic mass is 16.7. The number of ether oxygens (including phenoxy) is 4. The quantitative estimate of drug-likeness (QED) is 0.0313. The van der Waals surface area contributed by atoms with Crippen molar-refractivity contribution in [2.45, 2.75) is 205 Å². The van der Waals surface area contributed by atoms with E-state index in [4.69, 9.17) is 18.9 Å². The molecule has 0 aliphatic carbocycles. The average Bonchev–Trinajstić information content (AvgIpc) is 3.09. The van der Waals surface area contributed by atoms with Crippen LogP contribution in [-0.4, -0.2) is 88.4 Å². The number of unbranched alkanes of at least 4 members (excludes halogenated alkanes) is 19. The fourth-order valence-electron chi connectivity index (χ4n) is 5.93. The number of carboxylic acids is 1. The summed E-state index contributed by atoms with van der Waals surface area (Å²) in [5, 5.41) is 39.6. The largest absolute Gasteiger partial charge is 0.479 e. The number of carbonyl (C=O) groups is 3. The van der Waals surface area contributed by atoms with E-state index in [9.17, 15) is 34.8 Å². The Hall–Kier alpha value is -2.05. The van der Waals surface area contributed by atoms with Crippen LogP contribution in [0.5, 0.6) is 0 Å². The summed E-state index contributed by atoms with van der Waals surface area (Å²) in [5.41, 5.74) is 0. The van der Waals surface area contributed by atoms with Crippen LogP contribution in [0, 0.1) is 0 Å². The third-order valence-corrected chi connectivity index (χ3v) is 9.11. The minimum absolute atomic E-state index is 0.185. The highest BCUT2D eigenvalue weighted by Gasteiger charge is 2.47. The molecule has 50 heavy (non-hydrogen) atoms. The molecular weight excluding hydrogens is 644 g/mol. The molecule has 6 atom stereocenters. The fourth-order valence-corrected chi connectivity index (χ4v) is 5.93. The number of carboxylic acid groups (broad SMARTS) is 1. The number of hydrogen-bond acceptors (Lipinski definition) is 10. The predicted molar refractivity (Wildman–Crippen MR) is 192 cm³/mol. The lowest BCUT2D eigenvalue weighted by molar-refractivity contribution is -0.298. The van der Waals surface area contributed by atoms with E-state index in [-0.39, 0.29) is 26.1 Å². The van der Waals surface area contributed by atoms with E-state index in [0.29, 0.717) is 12.8 Å². The van der Waals surface area contributed by atoms with Crippen molar-refractivity contribution >= 4 is 17.9 Å². The van der Waals surface area contributed by atoms with Crippen LogP contribution in [0.4, 0.5) is 0 Å². The first-order valence-corrected chi connectivity index (χ1v) is 19.7. The molecule has 292 valence electrons. The van der Waals surface area contributed by atoms with E-state index in [0.717, 1.165) is 57.8 Å². The Labute approximate surface area is 301 Å². The van der Waals surface area contributed by atoms with E-state index in [1.54, 1.807) is 0 Å². The van der Waals surface area contributed by atoms with Crippen LogP contribution in [-0.2, 0) is 33.3 Å². The van der Waals surface area contributed by atoms with E-state index < -0.39 is 54.7 Å². The maximum absolute atomic E-state index is 12.7. The van der Waals surface area contributed by atoms with Crippen LogP contribution in [0.3, 0.4) is 0 Å². The van der Waals surface area contributed by atoms with Crippen molar-refractivity contribution in [3.8, 4) is 0 Å². The minimum Gasteiger partial charge on any atom is -0.479 e. The van der Waals surface area contributed by atoms with Gasteiger partial charge in [0, 0.05) is 12.8 Å². The molecule has 1 rings (SSSR count). The first kappa shape index (κ1) is 46.0. The van der Waals surface area contributed by atoms with Crippen LogP contribution >= 0.6 is 0 Å². The molecule has 1 fully saturated rings. The molecule has 0 radical (unpaired) electrons. The van der Waals surface area contributed by atoms with Crippen LogP contribution in [0.25, 0.3) is 0 Å². The standard InChI is InChI=1S/C39H70O11/c1-3-5-7-9-11-13-15-16-17-18-20-21-23-25-27-32(40)47-29-31(30-48-39-36(44)34(42)35(43)37(50-39)38(45)46)49-33(41)28-26-24-22-19-14-12-10-8-6-4-2/h15-16,31,34-37,39,42-44H,3-14,17-30H2,1-2H3,(H,45,46)/b16-15-. The van der Waals surface area contributed by atoms with Crippen LogP contribution in [0.2, 0.25) is 0 Å². The van der Waals surface area contributed by atoms with Crippen molar-refractivity contribution in [1.82, 2.24) is 0 Å². The number of rotatable bonds is 32. The number of aliphatic hydroxyl groups excluding tert-OH is 3. The van der Waals surface area contributed by atoms with E-state index >= 15 is 0 Å². The molecule has 11 heteroatoms. The van der Waals surface area contributed by atoms with Gasteiger partial charge in [-0.3, -0.25) is 9.59 Å². The summed E-state index contributed by atoms with van der Waals surface area (Å²) in [4.78, 5) is 36.6. The predicted octanol–water partition coefficient (Wildman–Crippen LogP) is 7.31. The molecule has 0 amide bonds. The topological polar surface area (TPSA) is 169 Å². The van der Waals surface area contributed by atoms with Crippen molar-refractivity contribution in [2.24, 2.45) is 0 Å². The van der Waals surface area contributed by atoms with E-state index in [1.807, 2.05) is 0 Å². The van der Waals surface area contributed by atoms with Gasteiger partial charge < -0.3 is 39.4 Å². The number of carbonyl (C=O) groups excluding carboxylic acids is 2. The molecular formula is C39H70O11. The molecule has 0 aromatic heterocycles. The van der Waals surface area contributed by atoms with Crippen molar-refractivity contribution in [1.29, 1.82) is 0 Å². The molecule has 0 bridgehead atoms. The molecule has 11 nitrogen and oxygen atoms in total. The number of aliphatic hydroxyl groups is 3. The summed E-state index contributed by atoms with van der Waals surface area (Å²) < 4.78 is 21.6. The Morgan fingerprint density at radius 2 is 1.06 bits per heavy atom. The molecule has 1 aliphatic heterocycles. The zero-order valence-corrected chi connectivity index (χ0v) is 31.2. The summed E-state index contributed by atoms with van der Waals surface area (Å²) in [5.74, 6) is -2.45. The van der Waals surface area contributed by atoms with Gasteiger partial charge in [-0.05, 0) is 38.5 Å².